The molecule has 0 radical (unpaired) electrons. The van der Waals surface area contributed by atoms with Crippen molar-refractivity contribution in [2.75, 3.05) is 20.8 Å². The van der Waals surface area contributed by atoms with Crippen LogP contribution in [0.3, 0.4) is 0 Å². The van der Waals surface area contributed by atoms with E-state index in [1.165, 1.54) is 43.5 Å². The fourth-order valence-corrected chi connectivity index (χ4v) is 4.30. The third-order valence-electron chi connectivity index (χ3n) is 6.11. The van der Waals surface area contributed by atoms with Gasteiger partial charge in [-0.2, -0.15) is 0 Å². The average molecular weight is 466 g/mol. The highest BCUT2D eigenvalue weighted by Gasteiger charge is 2.28. The molecular formula is C26H27NO7. The van der Waals surface area contributed by atoms with Crippen molar-refractivity contribution >= 4 is 5.97 Å². The third-order valence-corrected chi connectivity index (χ3v) is 6.11. The molecule has 1 aliphatic heterocycles. The Hall–Kier alpha value is -3.78. The number of aromatic hydroxyl groups is 2. The molecule has 0 saturated carbocycles. The van der Waals surface area contributed by atoms with Crippen LogP contribution in [0.15, 0.2) is 57.7 Å². The molecule has 8 heteroatoms. The number of carbonyl (C=O) groups is 1. The van der Waals surface area contributed by atoms with Gasteiger partial charge in [-0.3, -0.25) is 14.5 Å². The molecule has 0 spiro atoms. The second-order valence-corrected chi connectivity index (χ2v) is 8.28. The Morgan fingerprint density at radius 2 is 1.88 bits per heavy atom. The van der Waals surface area contributed by atoms with Crippen molar-refractivity contribution < 1.29 is 28.9 Å². The van der Waals surface area contributed by atoms with E-state index in [2.05, 4.69) is 17.0 Å². The quantitative estimate of drug-likeness (QED) is 0.512. The first kappa shape index (κ1) is 23.4. The summed E-state index contributed by atoms with van der Waals surface area (Å²) in [6.45, 7) is 1.90. The van der Waals surface area contributed by atoms with Crippen molar-refractivity contribution in [1.82, 2.24) is 4.90 Å². The van der Waals surface area contributed by atoms with Crippen molar-refractivity contribution in [2.45, 2.75) is 31.8 Å². The van der Waals surface area contributed by atoms with Crippen LogP contribution in [-0.2, 0) is 29.0 Å². The molecule has 2 N–H and O–H groups in total. The van der Waals surface area contributed by atoms with E-state index in [-0.39, 0.29) is 23.7 Å². The van der Waals surface area contributed by atoms with E-state index in [0.717, 1.165) is 19.5 Å². The number of esters is 1. The lowest BCUT2D eigenvalue weighted by atomic mass is 9.91. The van der Waals surface area contributed by atoms with Crippen LogP contribution in [0.25, 0.3) is 0 Å². The number of ether oxygens (including phenoxy) is 2. The van der Waals surface area contributed by atoms with Crippen molar-refractivity contribution in [3.63, 3.8) is 0 Å². The zero-order valence-electron chi connectivity index (χ0n) is 19.1. The Balaban J connectivity index is 1.69. The summed E-state index contributed by atoms with van der Waals surface area (Å²) in [5, 5.41) is 20.6. The number of phenolic OH excluding ortho intramolecular Hbond substituents is 1. The van der Waals surface area contributed by atoms with Gasteiger partial charge in [-0.25, -0.2) is 0 Å². The number of nitrogens with zero attached hydrogens (tertiary/aromatic N) is 1. The van der Waals surface area contributed by atoms with Crippen molar-refractivity contribution in [2.24, 2.45) is 0 Å². The summed E-state index contributed by atoms with van der Waals surface area (Å²) in [5.41, 5.74) is 2.47. The zero-order chi connectivity index (χ0) is 24.2. The highest BCUT2D eigenvalue weighted by Crippen LogP contribution is 2.37. The lowest BCUT2D eigenvalue weighted by Gasteiger charge is -2.28. The number of rotatable bonds is 7. The molecule has 4 rings (SSSR count). The Labute approximate surface area is 197 Å². The standard InChI is InChI=1S/C26H27NO7/c1-32-23-11-17(7-8-21(23)28)20(13-24(30)33-2)26-25(31)22(29)12-19(34-26)15-27-10-9-16-5-3-4-6-18(16)14-27/h3-8,11-12,20,28,31H,9-10,13-15H2,1-2H3/t20-/m1/s1. The Kier molecular flexibility index (Phi) is 6.88. The second kappa shape index (κ2) is 10.0. The fourth-order valence-electron chi connectivity index (χ4n) is 4.30. The van der Waals surface area contributed by atoms with Crippen LogP contribution in [-0.4, -0.2) is 41.8 Å². The molecule has 1 atom stereocenters. The van der Waals surface area contributed by atoms with Crippen molar-refractivity contribution in [1.29, 1.82) is 0 Å². The SMILES string of the molecule is COC(=O)C[C@H](c1ccc(O)c(OC)c1)c1oc(CN2CCc3ccccc3C2)cc(=O)c1O. The minimum Gasteiger partial charge on any atom is -0.504 e. The highest BCUT2D eigenvalue weighted by atomic mass is 16.5. The summed E-state index contributed by atoms with van der Waals surface area (Å²) in [6.07, 6.45) is 0.713. The van der Waals surface area contributed by atoms with Crippen LogP contribution in [0.4, 0.5) is 0 Å². The predicted octanol–water partition coefficient (Wildman–Crippen LogP) is 3.31. The summed E-state index contributed by atoms with van der Waals surface area (Å²) >= 11 is 0. The topological polar surface area (TPSA) is 109 Å². The maximum atomic E-state index is 12.7. The van der Waals surface area contributed by atoms with Gasteiger partial charge in [-0.15, -0.1) is 0 Å². The summed E-state index contributed by atoms with van der Waals surface area (Å²) in [4.78, 5) is 27.0. The summed E-state index contributed by atoms with van der Waals surface area (Å²) in [5.74, 6) is -1.46. The zero-order valence-corrected chi connectivity index (χ0v) is 19.1. The van der Waals surface area contributed by atoms with Gasteiger partial charge < -0.3 is 24.1 Å². The predicted molar refractivity (Wildman–Crippen MR) is 124 cm³/mol. The molecule has 2 aromatic carbocycles. The average Bonchev–Trinajstić information content (AvgIpc) is 2.85. The van der Waals surface area contributed by atoms with Crippen molar-refractivity contribution in [3.05, 3.63) is 87.0 Å². The highest BCUT2D eigenvalue weighted by molar-refractivity contribution is 5.71. The second-order valence-electron chi connectivity index (χ2n) is 8.28. The number of carbonyl (C=O) groups excluding carboxylic acids is 1. The van der Waals surface area contributed by atoms with Crippen LogP contribution in [0.2, 0.25) is 0 Å². The molecule has 0 fully saturated rings. The molecule has 178 valence electrons. The van der Waals surface area contributed by atoms with Crippen molar-refractivity contribution in [3.8, 4) is 17.2 Å². The van der Waals surface area contributed by atoms with Gasteiger partial charge in [0.15, 0.2) is 17.3 Å². The number of hydrogen-bond donors (Lipinski definition) is 2. The largest absolute Gasteiger partial charge is 0.504 e. The van der Waals surface area contributed by atoms with Crippen LogP contribution in [0.1, 0.15) is 40.5 Å². The van der Waals surface area contributed by atoms with Gasteiger partial charge in [0.1, 0.15) is 5.76 Å². The smallest absolute Gasteiger partial charge is 0.306 e. The van der Waals surface area contributed by atoms with Crippen LogP contribution in [0, 0.1) is 0 Å². The van der Waals surface area contributed by atoms with Gasteiger partial charge in [0, 0.05) is 19.2 Å². The summed E-state index contributed by atoms with van der Waals surface area (Å²) < 4.78 is 16.1. The van der Waals surface area contributed by atoms with E-state index in [4.69, 9.17) is 13.9 Å². The van der Waals surface area contributed by atoms with E-state index in [1.807, 2.05) is 12.1 Å². The summed E-state index contributed by atoms with van der Waals surface area (Å²) in [6, 6.07) is 14.1. The molecule has 0 amide bonds. The van der Waals surface area contributed by atoms with Gasteiger partial charge in [-0.05, 0) is 35.2 Å². The minimum absolute atomic E-state index is 0.0296. The normalized spacial score (nSPS) is 14.3. The molecule has 0 saturated heterocycles. The molecule has 34 heavy (non-hydrogen) atoms. The van der Waals surface area contributed by atoms with Gasteiger partial charge in [0.2, 0.25) is 11.2 Å². The monoisotopic (exact) mass is 465 g/mol. The van der Waals surface area contributed by atoms with Gasteiger partial charge in [-0.1, -0.05) is 30.3 Å². The maximum absolute atomic E-state index is 12.7. The number of phenols is 1. The van der Waals surface area contributed by atoms with Gasteiger partial charge in [0.05, 0.1) is 33.1 Å². The number of hydrogen-bond acceptors (Lipinski definition) is 8. The molecular weight excluding hydrogens is 438 g/mol. The van der Waals surface area contributed by atoms with E-state index in [0.29, 0.717) is 17.9 Å². The number of fused-ring (bicyclic) bond motifs is 1. The van der Waals surface area contributed by atoms with E-state index in [9.17, 15) is 19.8 Å². The molecule has 2 heterocycles. The first-order valence-corrected chi connectivity index (χ1v) is 11.0. The first-order chi connectivity index (χ1) is 16.4. The third kappa shape index (κ3) is 4.92. The van der Waals surface area contributed by atoms with Gasteiger partial charge in [0.25, 0.3) is 0 Å². The molecule has 3 aromatic rings. The molecule has 8 nitrogen and oxygen atoms in total. The van der Waals surface area contributed by atoms with Crippen LogP contribution >= 0.6 is 0 Å². The molecule has 1 aliphatic rings. The minimum atomic E-state index is -0.823. The lowest BCUT2D eigenvalue weighted by Crippen LogP contribution is -2.30. The maximum Gasteiger partial charge on any atom is 0.306 e. The van der Waals surface area contributed by atoms with E-state index < -0.39 is 23.1 Å². The van der Waals surface area contributed by atoms with Crippen LogP contribution in [0.5, 0.6) is 17.2 Å². The number of benzene rings is 2. The molecule has 1 aromatic heterocycles. The van der Waals surface area contributed by atoms with Crippen LogP contribution < -0.4 is 10.2 Å². The van der Waals surface area contributed by atoms with E-state index in [1.54, 1.807) is 6.07 Å². The lowest BCUT2D eigenvalue weighted by molar-refractivity contribution is -0.140. The van der Waals surface area contributed by atoms with E-state index >= 15 is 0 Å². The Morgan fingerprint density at radius 3 is 2.62 bits per heavy atom. The van der Waals surface area contributed by atoms with Gasteiger partial charge >= 0.3 is 5.97 Å². The molecule has 0 bridgehead atoms. The molecule has 0 aliphatic carbocycles. The molecule has 0 unspecified atom stereocenters. The Morgan fingerprint density at radius 1 is 1.12 bits per heavy atom. The summed E-state index contributed by atoms with van der Waals surface area (Å²) in [7, 11) is 2.67. The number of methoxy groups -OCH3 is 2. The Bertz CT molecular complexity index is 1250. The fraction of sp³-hybridized carbons (Fsp3) is 0.308. The first-order valence-electron chi connectivity index (χ1n) is 11.0.